The van der Waals surface area contributed by atoms with Crippen molar-refractivity contribution in [1.29, 1.82) is 0 Å². The predicted molar refractivity (Wildman–Crippen MR) is 122 cm³/mol. The number of benzene rings is 2. The molecule has 5 nitrogen and oxygen atoms in total. The largest absolute Gasteiger partial charge is 0.460 e. The van der Waals surface area contributed by atoms with Gasteiger partial charge in [-0.15, -0.1) is 0 Å². The summed E-state index contributed by atoms with van der Waals surface area (Å²) in [5, 5.41) is 0. The van der Waals surface area contributed by atoms with Gasteiger partial charge in [-0.05, 0) is 51.3 Å². The molecule has 31 heavy (non-hydrogen) atoms. The Morgan fingerprint density at radius 3 is 2.03 bits per heavy atom. The molecule has 0 aromatic heterocycles. The summed E-state index contributed by atoms with van der Waals surface area (Å²) in [5.74, 6) is -0.383. The van der Waals surface area contributed by atoms with E-state index in [2.05, 4.69) is 17.0 Å². The molecule has 168 valence electrons. The summed E-state index contributed by atoms with van der Waals surface area (Å²) in [6.45, 7) is 7.62. The number of hydrogen-bond donors (Lipinski definition) is 0. The lowest BCUT2D eigenvalue weighted by atomic mass is 10.1. The Morgan fingerprint density at radius 1 is 0.806 bits per heavy atom. The van der Waals surface area contributed by atoms with Gasteiger partial charge in [0.2, 0.25) is 0 Å². The van der Waals surface area contributed by atoms with E-state index in [0.29, 0.717) is 13.0 Å². The third-order valence-electron chi connectivity index (χ3n) is 4.62. The number of rotatable bonds is 12. The molecule has 0 saturated heterocycles. The summed E-state index contributed by atoms with van der Waals surface area (Å²) in [5.41, 5.74) is 1.70. The third-order valence-corrected chi connectivity index (χ3v) is 4.62. The van der Waals surface area contributed by atoms with Crippen molar-refractivity contribution in [3.8, 4) is 0 Å². The number of carbonyl (C=O) groups is 2. The van der Waals surface area contributed by atoms with Gasteiger partial charge in [0.25, 0.3) is 0 Å². The van der Waals surface area contributed by atoms with E-state index in [1.54, 1.807) is 0 Å². The van der Waals surface area contributed by atoms with E-state index in [0.717, 1.165) is 36.9 Å². The second-order valence-corrected chi connectivity index (χ2v) is 8.74. The van der Waals surface area contributed by atoms with Gasteiger partial charge >= 0.3 is 11.9 Å². The van der Waals surface area contributed by atoms with Crippen LogP contribution in [0.4, 0.5) is 0 Å². The number of unbranched alkanes of at least 4 members (excludes halogenated alkanes) is 2. The van der Waals surface area contributed by atoms with Gasteiger partial charge in [0, 0.05) is 13.0 Å². The van der Waals surface area contributed by atoms with Gasteiger partial charge in [-0.2, -0.15) is 0 Å². The maximum absolute atomic E-state index is 12.4. The molecule has 0 bridgehead atoms. The molecule has 0 aliphatic rings. The molecule has 0 amide bonds. The molecule has 0 spiro atoms. The molecule has 2 aromatic carbocycles. The standard InChI is InChI=1S/C26H35NO4/c1-26(2,3)31-24(28)17-11-6-12-18-27(19-22-13-7-4-8-14-22)20-25(29)30-21-23-15-9-5-10-16-23/h4-5,7-10,13-16H,6,11-12,17-21H2,1-3H3. The van der Waals surface area contributed by atoms with Gasteiger partial charge in [0.05, 0.1) is 6.54 Å². The Balaban J connectivity index is 1.78. The monoisotopic (exact) mass is 425 g/mol. The molecule has 5 heteroatoms. The maximum atomic E-state index is 12.4. The number of ether oxygens (including phenoxy) is 2. The van der Waals surface area contributed by atoms with E-state index in [1.165, 1.54) is 0 Å². The van der Waals surface area contributed by atoms with Crippen LogP contribution in [0.15, 0.2) is 60.7 Å². The van der Waals surface area contributed by atoms with Crippen LogP contribution in [0, 0.1) is 0 Å². The molecular formula is C26H35NO4. The number of esters is 2. The number of carbonyl (C=O) groups excluding carboxylic acids is 2. The fourth-order valence-electron chi connectivity index (χ4n) is 3.20. The van der Waals surface area contributed by atoms with Crippen molar-refractivity contribution >= 4 is 11.9 Å². The fourth-order valence-corrected chi connectivity index (χ4v) is 3.20. The molecule has 0 saturated carbocycles. The van der Waals surface area contributed by atoms with Crippen molar-refractivity contribution in [1.82, 2.24) is 4.90 Å². The van der Waals surface area contributed by atoms with E-state index in [4.69, 9.17) is 9.47 Å². The van der Waals surface area contributed by atoms with Crippen molar-refractivity contribution in [3.63, 3.8) is 0 Å². The highest BCUT2D eigenvalue weighted by atomic mass is 16.6. The van der Waals surface area contributed by atoms with Crippen LogP contribution in [-0.2, 0) is 32.2 Å². The second kappa shape index (κ2) is 12.9. The summed E-state index contributed by atoms with van der Waals surface area (Å²) >= 11 is 0. The van der Waals surface area contributed by atoms with Crippen LogP contribution in [0.3, 0.4) is 0 Å². The average Bonchev–Trinajstić information content (AvgIpc) is 2.72. The van der Waals surface area contributed by atoms with E-state index in [1.807, 2.05) is 69.3 Å². The molecule has 0 heterocycles. The summed E-state index contributed by atoms with van der Waals surface area (Å²) in [6.07, 6.45) is 3.02. The van der Waals surface area contributed by atoms with E-state index < -0.39 is 5.60 Å². The molecule has 0 fully saturated rings. The zero-order valence-electron chi connectivity index (χ0n) is 19.0. The van der Waals surface area contributed by atoms with E-state index in [9.17, 15) is 9.59 Å². The zero-order valence-corrected chi connectivity index (χ0v) is 19.0. The molecule has 0 atom stereocenters. The first-order valence-corrected chi connectivity index (χ1v) is 11.0. The number of hydrogen-bond acceptors (Lipinski definition) is 5. The Labute approximate surface area is 186 Å². The van der Waals surface area contributed by atoms with Crippen molar-refractivity contribution in [2.75, 3.05) is 13.1 Å². The molecule has 0 N–H and O–H groups in total. The lowest BCUT2D eigenvalue weighted by molar-refractivity contribution is -0.155. The molecule has 0 radical (unpaired) electrons. The minimum Gasteiger partial charge on any atom is -0.460 e. The van der Waals surface area contributed by atoms with E-state index >= 15 is 0 Å². The summed E-state index contributed by atoms with van der Waals surface area (Å²) in [4.78, 5) is 26.3. The van der Waals surface area contributed by atoms with Crippen LogP contribution < -0.4 is 0 Å². The molecule has 2 rings (SSSR count). The van der Waals surface area contributed by atoms with E-state index in [-0.39, 0.29) is 25.1 Å². The molecule has 0 unspecified atom stereocenters. The maximum Gasteiger partial charge on any atom is 0.320 e. The van der Waals surface area contributed by atoms with Crippen LogP contribution in [-0.4, -0.2) is 35.5 Å². The van der Waals surface area contributed by atoms with Crippen molar-refractivity contribution in [3.05, 3.63) is 71.8 Å². The summed E-state index contributed by atoms with van der Waals surface area (Å²) in [6, 6.07) is 19.8. The predicted octanol–water partition coefficient (Wildman–Crippen LogP) is 5.13. The van der Waals surface area contributed by atoms with Gasteiger partial charge in [-0.3, -0.25) is 14.5 Å². The van der Waals surface area contributed by atoms with Gasteiger partial charge in [-0.1, -0.05) is 67.1 Å². The highest BCUT2D eigenvalue weighted by molar-refractivity contribution is 5.71. The Bertz CT molecular complexity index is 784. The molecular weight excluding hydrogens is 390 g/mol. The van der Waals surface area contributed by atoms with Crippen LogP contribution in [0.25, 0.3) is 0 Å². The first kappa shape index (κ1) is 24.6. The topological polar surface area (TPSA) is 55.8 Å². The minimum atomic E-state index is -0.441. The third kappa shape index (κ3) is 11.3. The highest BCUT2D eigenvalue weighted by Crippen LogP contribution is 2.12. The Hall–Kier alpha value is -2.66. The van der Waals surface area contributed by atoms with Gasteiger partial charge in [0.15, 0.2) is 0 Å². The molecule has 2 aromatic rings. The fraction of sp³-hybridized carbons (Fsp3) is 0.462. The quantitative estimate of drug-likeness (QED) is 0.348. The van der Waals surface area contributed by atoms with Crippen LogP contribution in [0.2, 0.25) is 0 Å². The lowest BCUT2D eigenvalue weighted by Crippen LogP contribution is -2.31. The first-order valence-electron chi connectivity index (χ1n) is 11.0. The normalized spacial score (nSPS) is 11.4. The first-order chi connectivity index (χ1) is 14.8. The minimum absolute atomic E-state index is 0.155. The summed E-state index contributed by atoms with van der Waals surface area (Å²) < 4.78 is 10.8. The second-order valence-electron chi connectivity index (χ2n) is 8.74. The van der Waals surface area contributed by atoms with Crippen LogP contribution >= 0.6 is 0 Å². The van der Waals surface area contributed by atoms with Gasteiger partial charge in [-0.25, -0.2) is 0 Å². The van der Waals surface area contributed by atoms with Crippen molar-refractivity contribution in [2.45, 2.75) is 65.2 Å². The SMILES string of the molecule is CC(C)(C)OC(=O)CCCCCN(CC(=O)OCc1ccccc1)Cc1ccccc1. The molecule has 0 aliphatic carbocycles. The number of nitrogens with zero attached hydrogens (tertiary/aromatic N) is 1. The average molecular weight is 426 g/mol. The smallest absolute Gasteiger partial charge is 0.320 e. The lowest BCUT2D eigenvalue weighted by Gasteiger charge is -2.22. The molecule has 0 aliphatic heterocycles. The zero-order chi connectivity index (χ0) is 22.5. The summed E-state index contributed by atoms with van der Waals surface area (Å²) in [7, 11) is 0. The van der Waals surface area contributed by atoms with Crippen molar-refractivity contribution in [2.24, 2.45) is 0 Å². The Kier molecular flexibility index (Phi) is 10.2. The van der Waals surface area contributed by atoms with Gasteiger partial charge < -0.3 is 9.47 Å². The highest BCUT2D eigenvalue weighted by Gasteiger charge is 2.16. The van der Waals surface area contributed by atoms with Gasteiger partial charge in [0.1, 0.15) is 12.2 Å². The van der Waals surface area contributed by atoms with Crippen LogP contribution in [0.1, 0.15) is 57.6 Å². The Morgan fingerprint density at radius 2 is 1.42 bits per heavy atom. The van der Waals surface area contributed by atoms with Crippen molar-refractivity contribution < 1.29 is 19.1 Å². The van der Waals surface area contributed by atoms with Crippen LogP contribution in [0.5, 0.6) is 0 Å².